The third-order valence-corrected chi connectivity index (χ3v) is 4.24. The zero-order valence-corrected chi connectivity index (χ0v) is 28.2. The molecular formula is C24H21Na3O15. The van der Waals surface area contributed by atoms with Gasteiger partial charge in [0.25, 0.3) is 0 Å². The molecule has 0 amide bonds. The van der Waals surface area contributed by atoms with E-state index in [4.69, 9.17) is 46.0 Å². The van der Waals surface area contributed by atoms with Crippen molar-refractivity contribution in [1.29, 1.82) is 0 Å². The van der Waals surface area contributed by atoms with E-state index in [9.17, 15) is 28.8 Å². The quantitative estimate of drug-likeness (QED) is 0.116. The molecule has 0 aliphatic carbocycles. The Morgan fingerprint density at radius 2 is 0.452 bits per heavy atom. The smallest absolute Gasteiger partial charge is 1.00 e. The van der Waals surface area contributed by atoms with Gasteiger partial charge in [-0.2, -0.15) is 0 Å². The molecule has 210 valence electrons. The molecule has 42 heavy (non-hydrogen) atoms. The molecule has 0 aliphatic rings. The van der Waals surface area contributed by atoms with Crippen LogP contribution in [-0.2, 0) is 0 Å². The molecule has 0 heterocycles. The number of rotatable bonds is 6. The van der Waals surface area contributed by atoms with Crippen LogP contribution < -0.4 is 88.7 Å². The van der Waals surface area contributed by atoms with Crippen LogP contribution in [-0.4, -0.2) is 81.8 Å². The van der Waals surface area contributed by atoms with Crippen molar-refractivity contribution in [1.82, 2.24) is 0 Å². The number of hydrogen-bond acceptors (Lipinski definition) is 9. The molecule has 15 nitrogen and oxygen atoms in total. The van der Waals surface area contributed by atoms with Crippen LogP contribution in [0.5, 0.6) is 17.2 Å². The average Bonchev–Trinajstić information content (AvgIpc) is 2.83. The van der Waals surface area contributed by atoms with Crippen molar-refractivity contribution in [3.05, 3.63) is 88.0 Å². The largest absolute Gasteiger partial charge is 1.00 e. The molecule has 18 heteroatoms. The maximum Gasteiger partial charge on any atom is 1.00 e. The summed E-state index contributed by atoms with van der Waals surface area (Å²) in [6, 6.07) is 8.82. The van der Waals surface area contributed by atoms with E-state index in [1.807, 2.05) is 0 Å². The van der Waals surface area contributed by atoms with E-state index in [1.54, 1.807) is 0 Å². The van der Waals surface area contributed by atoms with Crippen LogP contribution in [0.1, 0.15) is 66.4 Å². The van der Waals surface area contributed by atoms with E-state index in [0.717, 1.165) is 54.6 Å². The monoisotopic (exact) mass is 618 g/mol. The Balaban J connectivity index is -0.000000119. The molecule has 0 radical (unpaired) electrons. The second-order valence-electron chi connectivity index (χ2n) is 7.14. The van der Waals surface area contributed by atoms with Gasteiger partial charge in [0.1, 0.15) is 17.2 Å². The molecule has 9 N–H and O–H groups in total. The van der Waals surface area contributed by atoms with Gasteiger partial charge in [-0.25, -0.2) is 28.8 Å². The molecule has 0 bridgehead atoms. The van der Waals surface area contributed by atoms with Gasteiger partial charge in [0.05, 0.1) is 33.4 Å². The number of carbonyl (C=O) groups is 6. The molecule has 3 aromatic rings. The first-order valence-electron chi connectivity index (χ1n) is 9.93. The fourth-order valence-electron chi connectivity index (χ4n) is 2.57. The van der Waals surface area contributed by atoms with Crippen LogP contribution in [0.15, 0.2) is 54.6 Å². The SMILES string of the molecule is O=C(O)c1cc(O)cc(C(=O)O)c1.O=C(O)c1cc(O)cc(C(=O)O)c1.O=C(O)c1cc(O)cc(C(=O)O)c1.[H-].[H-].[H-].[Na+].[Na+].[Na+]. The minimum Gasteiger partial charge on any atom is -1.00 e. The number of carboxylic acid groups (broad SMARTS) is 6. The van der Waals surface area contributed by atoms with Crippen LogP contribution in [0.25, 0.3) is 0 Å². The van der Waals surface area contributed by atoms with Crippen molar-refractivity contribution in [2.24, 2.45) is 0 Å². The van der Waals surface area contributed by atoms with E-state index < -0.39 is 35.8 Å². The molecule has 0 aromatic heterocycles. The summed E-state index contributed by atoms with van der Waals surface area (Å²) in [4.78, 5) is 62.5. The fraction of sp³-hybridized carbons (Fsp3) is 0. The third-order valence-electron chi connectivity index (χ3n) is 4.24. The Hall–Kier alpha value is -3.12. The van der Waals surface area contributed by atoms with Gasteiger partial charge in [-0.15, -0.1) is 0 Å². The van der Waals surface area contributed by atoms with Gasteiger partial charge in [0.2, 0.25) is 0 Å². The standard InChI is InChI=1S/3C8H6O5.3Na.3H/c3*9-6-2-4(7(10)11)1-5(3-6)8(12)13;;;;;;/h3*1-3,9H,(H,10,11)(H,12,13);;;;;;/q;;;3*+1;3*-1. The molecule has 3 aromatic carbocycles. The van der Waals surface area contributed by atoms with E-state index >= 15 is 0 Å². The Labute approximate surface area is 306 Å². The number of aromatic carboxylic acids is 6. The van der Waals surface area contributed by atoms with Crippen molar-refractivity contribution in [3.63, 3.8) is 0 Å². The minimum atomic E-state index is -1.28. The first-order valence-corrected chi connectivity index (χ1v) is 9.93. The first-order chi connectivity index (χ1) is 18.0. The molecule has 0 saturated heterocycles. The summed E-state index contributed by atoms with van der Waals surface area (Å²) in [5.41, 5.74) is -1.51. The summed E-state index contributed by atoms with van der Waals surface area (Å²) < 4.78 is 0. The first kappa shape index (κ1) is 43.3. The number of phenols is 3. The summed E-state index contributed by atoms with van der Waals surface area (Å²) in [7, 11) is 0. The van der Waals surface area contributed by atoms with Gasteiger partial charge in [-0.1, -0.05) is 0 Å². The van der Waals surface area contributed by atoms with E-state index in [0.29, 0.717) is 0 Å². The maximum absolute atomic E-state index is 10.4. The topological polar surface area (TPSA) is 284 Å². The number of carboxylic acids is 6. The van der Waals surface area contributed by atoms with Crippen molar-refractivity contribution < 1.29 is 168 Å². The second-order valence-corrected chi connectivity index (χ2v) is 7.14. The van der Waals surface area contributed by atoms with E-state index in [-0.39, 0.29) is 144 Å². The maximum atomic E-state index is 10.4. The molecule has 0 unspecified atom stereocenters. The van der Waals surface area contributed by atoms with Crippen molar-refractivity contribution in [3.8, 4) is 17.2 Å². The average molecular weight is 618 g/mol. The van der Waals surface area contributed by atoms with Gasteiger partial charge in [-0.3, -0.25) is 0 Å². The molecule has 0 atom stereocenters. The predicted octanol–water partition coefficient (Wildman–Crippen LogP) is -6.28. The Morgan fingerprint density at radius 1 is 0.333 bits per heavy atom. The van der Waals surface area contributed by atoms with E-state index in [1.165, 1.54) is 0 Å². The minimum absolute atomic E-state index is 0. The normalized spacial score (nSPS) is 8.86. The van der Waals surface area contributed by atoms with Crippen molar-refractivity contribution in [2.75, 3.05) is 0 Å². The molecule has 0 spiro atoms. The van der Waals surface area contributed by atoms with Crippen molar-refractivity contribution in [2.45, 2.75) is 0 Å². The Bertz CT molecular complexity index is 1220. The number of phenolic OH excluding ortho intramolecular Hbond substituents is 3. The van der Waals surface area contributed by atoms with E-state index in [2.05, 4.69) is 0 Å². The Morgan fingerprint density at radius 3 is 0.548 bits per heavy atom. The molecule has 0 aliphatic heterocycles. The fourth-order valence-corrected chi connectivity index (χ4v) is 2.57. The number of benzene rings is 3. The predicted molar refractivity (Wildman–Crippen MR) is 129 cm³/mol. The summed E-state index contributed by atoms with van der Waals surface area (Å²) in [6.07, 6.45) is 0. The number of aromatic hydroxyl groups is 3. The Kier molecular flexibility index (Phi) is 20.5. The van der Waals surface area contributed by atoms with Gasteiger partial charge in [0, 0.05) is 0 Å². The van der Waals surface area contributed by atoms with Gasteiger partial charge in [0.15, 0.2) is 0 Å². The van der Waals surface area contributed by atoms with Crippen LogP contribution in [0.3, 0.4) is 0 Å². The molecular weight excluding hydrogens is 597 g/mol. The molecule has 0 fully saturated rings. The summed E-state index contributed by atoms with van der Waals surface area (Å²) >= 11 is 0. The third kappa shape index (κ3) is 14.7. The zero-order valence-electron chi connectivity index (χ0n) is 25.2. The molecule has 3 rings (SSSR count). The number of hydrogen-bond donors (Lipinski definition) is 9. The summed E-state index contributed by atoms with van der Waals surface area (Å²) in [6.45, 7) is 0. The van der Waals surface area contributed by atoms with Crippen molar-refractivity contribution >= 4 is 35.8 Å². The van der Waals surface area contributed by atoms with Crippen LogP contribution >= 0.6 is 0 Å². The van der Waals surface area contributed by atoms with Crippen LogP contribution in [0.2, 0.25) is 0 Å². The van der Waals surface area contributed by atoms with Crippen LogP contribution in [0, 0.1) is 0 Å². The summed E-state index contributed by atoms with van der Waals surface area (Å²) in [5, 5.41) is 78.0. The van der Waals surface area contributed by atoms with Crippen LogP contribution in [0.4, 0.5) is 0 Å². The second kappa shape index (κ2) is 19.9. The summed E-state index contributed by atoms with van der Waals surface area (Å²) in [5.74, 6) is -8.81. The van der Waals surface area contributed by atoms with Gasteiger partial charge >= 0.3 is 124 Å². The zero-order chi connectivity index (χ0) is 30.0. The van der Waals surface area contributed by atoms with Gasteiger partial charge < -0.3 is 50.2 Å². The molecule has 0 saturated carbocycles. The van der Waals surface area contributed by atoms with Gasteiger partial charge in [-0.05, 0) is 54.6 Å².